The Hall–Kier alpha value is 0.388. The largest absolute Gasteiger partial charge is 0.397 e. The van der Waals surface area contributed by atoms with Gasteiger partial charge in [-0.05, 0) is 25.4 Å². The van der Waals surface area contributed by atoms with Crippen LogP contribution >= 0.6 is 0 Å². The molecule has 0 aliphatic carbocycles. The first kappa shape index (κ1) is 34.6. The first-order valence-corrected chi connectivity index (χ1v) is 20.5. The summed E-state index contributed by atoms with van der Waals surface area (Å²) in [5.41, 5.74) is 0. The van der Waals surface area contributed by atoms with E-state index < -0.39 is 17.1 Å². The van der Waals surface area contributed by atoms with Crippen LogP contribution in [0.5, 0.6) is 0 Å². The van der Waals surface area contributed by atoms with Crippen molar-refractivity contribution < 1.29 is 46.1 Å². The van der Waals surface area contributed by atoms with Crippen LogP contribution in [0.1, 0.15) is 0 Å². The molecular formula is C22H48N2O10Si4. The second-order valence-electron chi connectivity index (χ2n) is 9.66. The fourth-order valence-corrected chi connectivity index (χ4v) is 11.3. The third-order valence-corrected chi connectivity index (χ3v) is 14.7. The zero-order chi connectivity index (χ0) is 28.0. The van der Waals surface area contributed by atoms with Gasteiger partial charge in [0.15, 0.2) is 0 Å². The van der Waals surface area contributed by atoms with E-state index in [0.29, 0.717) is 45.5 Å². The Labute approximate surface area is 235 Å². The van der Waals surface area contributed by atoms with Crippen LogP contribution in [0, 0.1) is 0 Å². The Bertz CT molecular complexity index is 591. The minimum atomic E-state index is -2.28. The fourth-order valence-electron chi connectivity index (χ4n) is 4.49. The molecule has 0 N–H and O–H groups in total. The molecule has 0 bridgehead atoms. The van der Waals surface area contributed by atoms with E-state index in [2.05, 4.69) is 22.9 Å². The van der Waals surface area contributed by atoms with Crippen LogP contribution in [0.2, 0.25) is 13.1 Å². The normalized spacial score (nSPS) is 29.5. The van der Waals surface area contributed by atoms with Crippen LogP contribution in [0.3, 0.4) is 0 Å². The zero-order valence-corrected chi connectivity index (χ0v) is 28.4. The molecule has 2 aliphatic rings. The van der Waals surface area contributed by atoms with Gasteiger partial charge in [0.05, 0.1) is 38.6 Å². The van der Waals surface area contributed by atoms with E-state index in [1.54, 1.807) is 42.7 Å². The highest BCUT2D eigenvalue weighted by atomic mass is 28.4. The molecule has 222 valence electrons. The maximum absolute atomic E-state index is 6.32. The first-order valence-electron chi connectivity index (χ1n) is 12.9. The van der Waals surface area contributed by atoms with E-state index >= 15 is 0 Å². The highest BCUT2D eigenvalue weighted by Gasteiger charge is 2.42. The summed E-state index contributed by atoms with van der Waals surface area (Å²) in [6.07, 6.45) is 3.30. The van der Waals surface area contributed by atoms with Gasteiger partial charge >= 0.3 is 17.1 Å². The van der Waals surface area contributed by atoms with Crippen LogP contribution in [-0.2, 0) is 46.1 Å². The first-order chi connectivity index (χ1) is 18.2. The molecule has 0 spiro atoms. The summed E-state index contributed by atoms with van der Waals surface area (Å²) in [7, 11) is 6.62. The van der Waals surface area contributed by atoms with E-state index in [9.17, 15) is 0 Å². The molecule has 0 amide bonds. The quantitative estimate of drug-likeness (QED) is 0.106. The molecule has 0 aromatic carbocycles. The average Bonchev–Trinajstić information content (AvgIpc) is 2.91. The summed E-state index contributed by atoms with van der Waals surface area (Å²) in [5.74, 6) is -0.365. The minimum Gasteiger partial charge on any atom is -0.397 e. The Morgan fingerprint density at radius 3 is 1.37 bits per heavy atom. The lowest BCUT2D eigenvalue weighted by Crippen LogP contribution is -2.61. The van der Waals surface area contributed by atoms with Gasteiger partial charge in [0.2, 0.25) is 0 Å². The van der Waals surface area contributed by atoms with E-state index in [0.717, 1.165) is 37.8 Å². The summed E-state index contributed by atoms with van der Waals surface area (Å²) in [5, 5.41) is 0. The average molecular weight is 613 g/mol. The van der Waals surface area contributed by atoms with Crippen molar-refractivity contribution in [1.29, 1.82) is 0 Å². The molecule has 2 saturated heterocycles. The molecule has 0 aromatic heterocycles. The monoisotopic (exact) mass is 612 g/mol. The Morgan fingerprint density at radius 1 is 0.684 bits per heavy atom. The van der Waals surface area contributed by atoms with Gasteiger partial charge in [-0.2, -0.15) is 0 Å². The predicted octanol–water partition coefficient (Wildman–Crippen LogP) is -0.587. The van der Waals surface area contributed by atoms with Crippen molar-refractivity contribution >= 4 is 36.2 Å². The molecule has 2 fully saturated rings. The molecule has 2 heterocycles. The molecule has 16 heteroatoms. The van der Waals surface area contributed by atoms with Gasteiger partial charge in [0.25, 0.3) is 0 Å². The van der Waals surface area contributed by atoms with Crippen molar-refractivity contribution in [2.24, 2.45) is 0 Å². The minimum absolute atomic E-state index is 0.0405. The smallest absolute Gasteiger partial charge is 0.349 e. The molecule has 4 radical (unpaired) electrons. The molecule has 2 rings (SSSR count). The lowest BCUT2D eigenvalue weighted by Gasteiger charge is -2.42. The van der Waals surface area contributed by atoms with Gasteiger partial charge in [-0.1, -0.05) is 0 Å². The molecule has 0 aromatic rings. The zero-order valence-electron chi connectivity index (χ0n) is 24.4. The SMILES string of the molecule is COC(OC)[Si]CN1CC(COCCOCC2CN(C[Si]C(OC)OC)C[Si](C)(OC)O2)O[Si](C)(OC)C1. The van der Waals surface area contributed by atoms with Crippen molar-refractivity contribution in [2.45, 2.75) is 37.1 Å². The van der Waals surface area contributed by atoms with Gasteiger partial charge in [0.1, 0.15) is 30.9 Å². The van der Waals surface area contributed by atoms with Crippen LogP contribution in [0.15, 0.2) is 0 Å². The second-order valence-corrected chi connectivity index (χ2v) is 18.5. The number of ether oxygens (including phenoxy) is 6. The lowest BCUT2D eigenvalue weighted by atomic mass is 10.3. The van der Waals surface area contributed by atoms with Gasteiger partial charge < -0.3 is 55.9 Å². The van der Waals surface area contributed by atoms with Crippen molar-refractivity contribution in [2.75, 3.05) is 107 Å². The molecule has 4 atom stereocenters. The Kier molecular flexibility index (Phi) is 16.4. The summed E-state index contributed by atoms with van der Waals surface area (Å²) in [6.45, 7) is 7.74. The van der Waals surface area contributed by atoms with Crippen LogP contribution < -0.4 is 0 Å². The van der Waals surface area contributed by atoms with Crippen LogP contribution in [0.25, 0.3) is 0 Å². The van der Waals surface area contributed by atoms with E-state index in [4.69, 9.17) is 46.1 Å². The second kappa shape index (κ2) is 18.0. The van der Waals surface area contributed by atoms with Crippen LogP contribution in [0.4, 0.5) is 0 Å². The molecule has 38 heavy (non-hydrogen) atoms. The highest BCUT2D eigenvalue weighted by molar-refractivity contribution is 6.66. The van der Waals surface area contributed by atoms with Gasteiger partial charge in [-0.3, -0.25) is 0 Å². The number of hydrogen-bond acceptors (Lipinski definition) is 12. The van der Waals surface area contributed by atoms with Gasteiger partial charge in [-0.15, -0.1) is 0 Å². The summed E-state index contributed by atoms with van der Waals surface area (Å²) >= 11 is 0. The molecular weight excluding hydrogens is 565 g/mol. The maximum atomic E-state index is 6.32. The van der Waals surface area contributed by atoms with E-state index in [-0.39, 0.29) is 24.0 Å². The molecule has 4 unspecified atom stereocenters. The standard InChI is InChI=1S/C22H48N2O10Si4/c1-25-21(26-2)35-15-23-11-19(33-37(7,17-23)29-5)13-31-9-10-32-14-20-12-24(16-36-22(27-3)28-4)18-38(8,30-6)34-20/h19-22H,9-18H2,1-8H3. The molecule has 0 saturated carbocycles. The highest BCUT2D eigenvalue weighted by Crippen LogP contribution is 2.20. The Morgan fingerprint density at radius 2 is 1.05 bits per heavy atom. The number of nitrogens with zero attached hydrogens (tertiary/aromatic N) is 2. The van der Waals surface area contributed by atoms with E-state index in [1.807, 2.05) is 0 Å². The number of hydrogen-bond donors (Lipinski definition) is 0. The summed E-state index contributed by atoms with van der Waals surface area (Å²) in [6, 6.07) is 0. The fraction of sp³-hybridized carbons (Fsp3) is 1.00. The Balaban J connectivity index is 1.72. The number of rotatable bonds is 19. The van der Waals surface area contributed by atoms with Crippen molar-refractivity contribution in [3.05, 3.63) is 0 Å². The van der Waals surface area contributed by atoms with E-state index in [1.165, 1.54) is 0 Å². The van der Waals surface area contributed by atoms with Crippen molar-refractivity contribution in [3.63, 3.8) is 0 Å². The molecule has 12 nitrogen and oxygen atoms in total. The summed E-state index contributed by atoms with van der Waals surface area (Å²) in [4.78, 5) is 4.75. The lowest BCUT2D eigenvalue weighted by molar-refractivity contribution is -0.0497. The number of methoxy groups -OCH3 is 4. The predicted molar refractivity (Wildman–Crippen MR) is 149 cm³/mol. The van der Waals surface area contributed by atoms with Crippen LogP contribution in [-0.4, -0.2) is 177 Å². The topological polar surface area (TPSA) is 98.8 Å². The molecule has 2 aliphatic heterocycles. The third kappa shape index (κ3) is 12.1. The van der Waals surface area contributed by atoms with Crippen molar-refractivity contribution in [1.82, 2.24) is 9.80 Å². The van der Waals surface area contributed by atoms with Crippen molar-refractivity contribution in [3.8, 4) is 0 Å². The van der Waals surface area contributed by atoms with Gasteiger partial charge in [-0.25, -0.2) is 0 Å². The third-order valence-electron chi connectivity index (χ3n) is 6.44. The maximum Gasteiger partial charge on any atom is 0.349 e. The van der Waals surface area contributed by atoms with Gasteiger partial charge in [0, 0.05) is 68.1 Å². The summed E-state index contributed by atoms with van der Waals surface area (Å²) < 4.78 is 57.5.